The molecule has 4 heteroatoms. The molecule has 1 unspecified atom stereocenters. The normalized spacial score (nSPS) is 23.0. The molecule has 0 saturated carbocycles. The first-order chi connectivity index (χ1) is 11.1. The van der Waals surface area contributed by atoms with Crippen LogP contribution in [-0.4, -0.2) is 47.6 Å². The molecule has 2 aliphatic rings. The van der Waals surface area contributed by atoms with Gasteiger partial charge >= 0.3 is 0 Å². The molecule has 2 heterocycles. The van der Waals surface area contributed by atoms with Gasteiger partial charge in [-0.05, 0) is 43.0 Å². The van der Waals surface area contributed by atoms with E-state index in [1.807, 2.05) is 0 Å². The molecule has 1 aromatic carbocycles. The molecule has 1 amide bonds. The minimum Gasteiger partial charge on any atom is -0.325 e. The van der Waals surface area contributed by atoms with Crippen LogP contribution in [0.3, 0.4) is 0 Å². The third-order valence-corrected chi connectivity index (χ3v) is 6.22. The highest BCUT2D eigenvalue weighted by Crippen LogP contribution is 2.38. The molecule has 126 valence electrons. The summed E-state index contributed by atoms with van der Waals surface area (Å²) in [5.74, 6) is 1.47. The fraction of sp³-hybridized carbons (Fsp3) is 0.632. The zero-order valence-electron chi connectivity index (χ0n) is 14.3. The molecule has 0 radical (unpaired) electrons. The van der Waals surface area contributed by atoms with Crippen molar-refractivity contribution in [2.75, 3.05) is 31.9 Å². The third kappa shape index (κ3) is 4.10. The molecule has 2 fully saturated rings. The lowest BCUT2D eigenvalue weighted by molar-refractivity contribution is -0.128. The first-order valence-corrected chi connectivity index (χ1v) is 9.93. The molecular formula is C19H28N2OS. The van der Waals surface area contributed by atoms with E-state index in [0.717, 1.165) is 13.1 Å². The Hall–Kier alpha value is -1.00. The van der Waals surface area contributed by atoms with Gasteiger partial charge < -0.3 is 9.80 Å². The maximum Gasteiger partial charge on any atom is 0.233 e. The van der Waals surface area contributed by atoms with Crippen LogP contribution in [0.15, 0.2) is 24.3 Å². The molecule has 3 nitrogen and oxygen atoms in total. The van der Waals surface area contributed by atoms with Gasteiger partial charge in [-0.25, -0.2) is 0 Å². The topological polar surface area (TPSA) is 23.6 Å². The van der Waals surface area contributed by atoms with E-state index in [4.69, 9.17) is 0 Å². The van der Waals surface area contributed by atoms with Crippen molar-refractivity contribution in [3.05, 3.63) is 35.4 Å². The Morgan fingerprint density at radius 1 is 1.09 bits per heavy atom. The van der Waals surface area contributed by atoms with Gasteiger partial charge in [0.15, 0.2) is 0 Å². The molecule has 0 bridgehead atoms. The Morgan fingerprint density at radius 3 is 2.43 bits per heavy atom. The second-order valence-corrected chi connectivity index (χ2v) is 8.04. The third-order valence-electron chi connectivity index (χ3n) is 4.96. The predicted molar refractivity (Wildman–Crippen MR) is 97.7 cm³/mol. The zero-order valence-corrected chi connectivity index (χ0v) is 15.1. The molecular weight excluding hydrogens is 304 g/mol. The van der Waals surface area contributed by atoms with Gasteiger partial charge in [-0.15, -0.1) is 11.8 Å². The number of amides is 1. The maximum atomic E-state index is 12.3. The number of hydrogen-bond acceptors (Lipinski definition) is 3. The molecule has 0 N–H and O–H groups in total. The van der Waals surface area contributed by atoms with Crippen LogP contribution in [0.25, 0.3) is 0 Å². The van der Waals surface area contributed by atoms with Crippen molar-refractivity contribution in [3.8, 4) is 0 Å². The summed E-state index contributed by atoms with van der Waals surface area (Å²) in [6, 6.07) is 8.84. The van der Waals surface area contributed by atoms with E-state index in [-0.39, 0.29) is 5.37 Å². The highest BCUT2D eigenvalue weighted by Gasteiger charge is 2.32. The summed E-state index contributed by atoms with van der Waals surface area (Å²) in [6.45, 7) is 8.71. The van der Waals surface area contributed by atoms with Crippen LogP contribution in [0.5, 0.6) is 0 Å². The lowest BCUT2D eigenvalue weighted by atomic mass is 10.0. The number of piperidine rings is 1. The second kappa shape index (κ2) is 7.71. The number of thioether (sulfide) groups is 1. The highest BCUT2D eigenvalue weighted by molar-refractivity contribution is 8.00. The molecule has 3 rings (SSSR count). The number of hydrogen-bond donors (Lipinski definition) is 0. The summed E-state index contributed by atoms with van der Waals surface area (Å²) in [5.41, 5.74) is 2.63. The van der Waals surface area contributed by atoms with Gasteiger partial charge in [-0.3, -0.25) is 4.79 Å². The smallest absolute Gasteiger partial charge is 0.233 e. The van der Waals surface area contributed by atoms with Crippen LogP contribution in [0.4, 0.5) is 0 Å². The SMILES string of the molecule is CC(C)c1ccc(C2SCC(=O)N2CCN2CCCCC2)cc1. The lowest BCUT2D eigenvalue weighted by Gasteiger charge is -2.30. The Morgan fingerprint density at radius 2 is 1.78 bits per heavy atom. The molecule has 0 spiro atoms. The Balaban J connectivity index is 1.64. The Bertz CT molecular complexity index is 523. The minimum atomic E-state index is 0.202. The standard InChI is InChI=1S/C19H28N2OS/c1-15(2)16-6-8-17(9-7-16)19-21(18(22)14-23-19)13-12-20-10-4-3-5-11-20/h6-9,15,19H,3-5,10-14H2,1-2H3. The Labute approximate surface area is 144 Å². The van der Waals surface area contributed by atoms with Crippen molar-refractivity contribution in [1.29, 1.82) is 0 Å². The number of carbonyl (C=O) groups excluding carboxylic acids is 1. The fourth-order valence-electron chi connectivity index (χ4n) is 3.45. The molecule has 23 heavy (non-hydrogen) atoms. The van der Waals surface area contributed by atoms with Gasteiger partial charge in [-0.1, -0.05) is 44.5 Å². The number of likely N-dealkylation sites (tertiary alicyclic amines) is 1. The van der Waals surface area contributed by atoms with Crippen LogP contribution < -0.4 is 0 Å². The lowest BCUT2D eigenvalue weighted by Crippen LogP contribution is -2.39. The van der Waals surface area contributed by atoms with Gasteiger partial charge in [0.25, 0.3) is 0 Å². The summed E-state index contributed by atoms with van der Waals surface area (Å²) in [6.07, 6.45) is 3.98. The van der Waals surface area contributed by atoms with Crippen LogP contribution in [0.1, 0.15) is 55.5 Å². The molecule has 1 aromatic rings. The van der Waals surface area contributed by atoms with Crippen molar-refractivity contribution < 1.29 is 4.79 Å². The van der Waals surface area contributed by atoms with Gasteiger partial charge in [0.05, 0.1) is 5.75 Å². The highest BCUT2D eigenvalue weighted by atomic mass is 32.2. The van der Waals surface area contributed by atoms with Gasteiger partial charge in [0.1, 0.15) is 5.37 Å². The summed E-state index contributed by atoms with van der Waals surface area (Å²) in [4.78, 5) is 16.9. The number of benzene rings is 1. The van der Waals surface area contributed by atoms with E-state index in [1.165, 1.54) is 43.5 Å². The van der Waals surface area contributed by atoms with Crippen molar-refractivity contribution in [3.63, 3.8) is 0 Å². The van der Waals surface area contributed by atoms with Crippen molar-refractivity contribution in [2.24, 2.45) is 0 Å². The van der Waals surface area contributed by atoms with Crippen molar-refractivity contribution in [2.45, 2.75) is 44.4 Å². The molecule has 1 atom stereocenters. The maximum absolute atomic E-state index is 12.3. The van der Waals surface area contributed by atoms with E-state index >= 15 is 0 Å². The quantitative estimate of drug-likeness (QED) is 0.818. The minimum absolute atomic E-state index is 0.202. The summed E-state index contributed by atoms with van der Waals surface area (Å²) < 4.78 is 0. The number of nitrogens with zero attached hydrogens (tertiary/aromatic N) is 2. The number of rotatable bonds is 5. The van der Waals surface area contributed by atoms with E-state index < -0.39 is 0 Å². The molecule has 2 aliphatic heterocycles. The summed E-state index contributed by atoms with van der Waals surface area (Å²) >= 11 is 1.77. The van der Waals surface area contributed by atoms with Crippen LogP contribution in [0, 0.1) is 0 Å². The molecule has 2 saturated heterocycles. The van der Waals surface area contributed by atoms with Gasteiger partial charge in [-0.2, -0.15) is 0 Å². The predicted octanol–water partition coefficient (Wildman–Crippen LogP) is 3.87. The molecule has 0 aliphatic carbocycles. The van der Waals surface area contributed by atoms with Gasteiger partial charge in [0.2, 0.25) is 5.91 Å². The number of carbonyl (C=O) groups is 1. The first kappa shape index (κ1) is 16.8. The molecule has 0 aromatic heterocycles. The largest absolute Gasteiger partial charge is 0.325 e. The van der Waals surface area contributed by atoms with E-state index in [2.05, 4.69) is 47.9 Å². The first-order valence-electron chi connectivity index (χ1n) is 8.88. The summed E-state index contributed by atoms with van der Waals surface area (Å²) in [5, 5.41) is 0.202. The van der Waals surface area contributed by atoms with E-state index in [1.54, 1.807) is 11.8 Å². The van der Waals surface area contributed by atoms with Crippen LogP contribution in [0.2, 0.25) is 0 Å². The van der Waals surface area contributed by atoms with E-state index in [0.29, 0.717) is 17.6 Å². The average molecular weight is 333 g/mol. The van der Waals surface area contributed by atoms with Crippen molar-refractivity contribution in [1.82, 2.24) is 9.80 Å². The Kier molecular flexibility index (Phi) is 5.65. The van der Waals surface area contributed by atoms with E-state index in [9.17, 15) is 4.79 Å². The van der Waals surface area contributed by atoms with Crippen LogP contribution >= 0.6 is 11.8 Å². The van der Waals surface area contributed by atoms with Crippen molar-refractivity contribution >= 4 is 17.7 Å². The fourth-order valence-corrected chi connectivity index (χ4v) is 4.67. The zero-order chi connectivity index (χ0) is 16.2. The monoisotopic (exact) mass is 332 g/mol. The second-order valence-electron chi connectivity index (χ2n) is 6.97. The summed E-state index contributed by atoms with van der Waals surface area (Å²) in [7, 11) is 0. The van der Waals surface area contributed by atoms with Crippen LogP contribution in [-0.2, 0) is 4.79 Å². The average Bonchev–Trinajstić information content (AvgIpc) is 2.95. The van der Waals surface area contributed by atoms with Gasteiger partial charge in [0, 0.05) is 13.1 Å².